The summed E-state index contributed by atoms with van der Waals surface area (Å²) in [6, 6.07) is 12.4. The number of nitrogens with zero attached hydrogens (tertiary/aromatic N) is 2. The van der Waals surface area contributed by atoms with Crippen LogP contribution >= 0.6 is 11.3 Å². The van der Waals surface area contributed by atoms with E-state index in [2.05, 4.69) is 9.73 Å². The Morgan fingerprint density at radius 3 is 2.71 bits per heavy atom. The second-order valence-electron chi connectivity index (χ2n) is 7.50. The van der Waals surface area contributed by atoms with Gasteiger partial charge in [0.1, 0.15) is 11.5 Å². The summed E-state index contributed by atoms with van der Waals surface area (Å²) in [7, 11) is 1.52. The number of esters is 1. The van der Waals surface area contributed by atoms with Gasteiger partial charge in [-0.3, -0.25) is 9.36 Å². The Labute approximate surface area is 203 Å². The highest BCUT2D eigenvalue weighted by molar-refractivity contribution is 7.07. The third kappa shape index (κ3) is 4.88. The maximum Gasteiger partial charge on any atom is 0.387 e. The normalized spacial score (nSPS) is 15.6. The highest BCUT2D eigenvalue weighted by Gasteiger charge is 2.33. The van der Waals surface area contributed by atoms with Gasteiger partial charge in [0.15, 0.2) is 4.80 Å². The molecule has 0 saturated carbocycles. The molecule has 7 nitrogen and oxygen atoms in total. The number of ether oxygens (including phenoxy) is 3. The molecule has 2 heterocycles. The number of aromatic nitrogens is 1. The summed E-state index contributed by atoms with van der Waals surface area (Å²) in [5.41, 5.74) is 1.18. The van der Waals surface area contributed by atoms with Gasteiger partial charge in [-0.05, 0) is 43.7 Å². The Hall–Kier alpha value is -3.79. The molecule has 0 aliphatic carbocycles. The second-order valence-corrected chi connectivity index (χ2v) is 8.50. The van der Waals surface area contributed by atoms with Crippen LogP contribution in [0.2, 0.25) is 0 Å². The minimum absolute atomic E-state index is 0.0546. The summed E-state index contributed by atoms with van der Waals surface area (Å²) in [5, 5.41) is 0. The third-order valence-corrected chi connectivity index (χ3v) is 6.33. The highest BCUT2D eigenvalue weighted by Crippen LogP contribution is 2.32. The van der Waals surface area contributed by atoms with E-state index in [0.717, 1.165) is 11.3 Å². The number of benzene rings is 2. The smallest absolute Gasteiger partial charge is 0.387 e. The molecule has 182 valence electrons. The summed E-state index contributed by atoms with van der Waals surface area (Å²) >= 11 is 1.09. The Bertz CT molecular complexity index is 1480. The molecule has 35 heavy (non-hydrogen) atoms. The van der Waals surface area contributed by atoms with Crippen LogP contribution in [-0.4, -0.2) is 30.9 Å². The standard InChI is InChI=1S/C25H22F2N2O5S/c1-4-33-23(31)20-14(2)28-25-29(21(20)16-9-7-10-17(12-16)32-3)22(30)19(35-25)13-15-8-5-6-11-18(15)34-24(26)27/h5-13,21,24H,4H2,1-3H3/b19-13+/t21-/m1/s1. The fourth-order valence-electron chi connectivity index (χ4n) is 3.86. The van der Waals surface area contributed by atoms with E-state index >= 15 is 0 Å². The molecule has 1 aliphatic rings. The quantitative estimate of drug-likeness (QED) is 0.465. The van der Waals surface area contributed by atoms with Gasteiger partial charge in [-0.2, -0.15) is 8.78 Å². The van der Waals surface area contributed by atoms with Crippen LogP contribution in [-0.2, 0) is 9.53 Å². The molecule has 0 unspecified atom stereocenters. The van der Waals surface area contributed by atoms with Crippen LogP contribution in [0, 0.1) is 0 Å². The van der Waals surface area contributed by atoms with Crippen molar-refractivity contribution in [3.05, 3.63) is 90.6 Å². The average molecular weight is 501 g/mol. The molecule has 0 fully saturated rings. The minimum atomic E-state index is -3.01. The zero-order valence-corrected chi connectivity index (χ0v) is 20.0. The fraction of sp³-hybridized carbons (Fsp3) is 0.240. The summed E-state index contributed by atoms with van der Waals surface area (Å²) < 4.78 is 42.6. The van der Waals surface area contributed by atoms with E-state index in [-0.39, 0.29) is 22.5 Å². The van der Waals surface area contributed by atoms with Gasteiger partial charge in [0.2, 0.25) is 0 Å². The first-order chi connectivity index (χ1) is 16.8. The number of alkyl halides is 2. The number of carbonyl (C=O) groups is 1. The zero-order valence-electron chi connectivity index (χ0n) is 19.2. The van der Waals surface area contributed by atoms with Crippen LogP contribution in [0.25, 0.3) is 6.08 Å². The van der Waals surface area contributed by atoms with Crippen LogP contribution in [0.15, 0.2) is 69.6 Å². The number of thiazole rings is 1. The average Bonchev–Trinajstić information content (AvgIpc) is 3.13. The van der Waals surface area contributed by atoms with Gasteiger partial charge in [0.25, 0.3) is 5.56 Å². The SMILES string of the molecule is CCOC(=O)C1=C(C)N=c2s/c(=C/c3ccccc3OC(F)F)c(=O)n2[C@@H]1c1cccc(OC)c1. The number of para-hydroxylation sites is 1. The summed E-state index contributed by atoms with van der Waals surface area (Å²) in [5.74, 6) is -0.0758. The number of hydrogen-bond acceptors (Lipinski definition) is 7. The summed E-state index contributed by atoms with van der Waals surface area (Å²) in [6.07, 6.45) is 1.48. The molecule has 0 amide bonds. The number of fused-ring (bicyclic) bond motifs is 1. The molecule has 0 radical (unpaired) electrons. The maximum atomic E-state index is 13.6. The lowest BCUT2D eigenvalue weighted by molar-refractivity contribution is -0.139. The number of halogens is 2. The molecule has 0 bridgehead atoms. The van der Waals surface area contributed by atoms with Gasteiger partial charge in [-0.1, -0.05) is 41.7 Å². The van der Waals surface area contributed by atoms with Gasteiger partial charge >= 0.3 is 12.6 Å². The lowest BCUT2D eigenvalue weighted by atomic mass is 9.95. The lowest BCUT2D eigenvalue weighted by Crippen LogP contribution is -2.39. The van der Waals surface area contributed by atoms with Crippen LogP contribution in [0.4, 0.5) is 8.78 Å². The predicted octanol–water partition coefficient (Wildman–Crippen LogP) is 3.41. The number of allylic oxidation sites excluding steroid dienone is 1. The first kappa shape index (κ1) is 24.3. The molecule has 10 heteroatoms. The Balaban J connectivity index is 1.95. The molecule has 1 aliphatic heterocycles. The fourth-order valence-corrected chi connectivity index (χ4v) is 4.90. The molecule has 1 atom stereocenters. The molecule has 2 aromatic carbocycles. The van der Waals surface area contributed by atoms with Gasteiger partial charge in [0.05, 0.1) is 35.6 Å². The molecular weight excluding hydrogens is 478 g/mol. The van der Waals surface area contributed by atoms with Crippen molar-refractivity contribution in [3.63, 3.8) is 0 Å². The first-order valence-corrected chi connectivity index (χ1v) is 11.5. The topological polar surface area (TPSA) is 79.1 Å². The van der Waals surface area contributed by atoms with Gasteiger partial charge < -0.3 is 14.2 Å². The van der Waals surface area contributed by atoms with E-state index in [1.165, 1.54) is 23.8 Å². The van der Waals surface area contributed by atoms with Crippen molar-refractivity contribution in [2.45, 2.75) is 26.5 Å². The van der Waals surface area contributed by atoms with Crippen molar-refractivity contribution in [3.8, 4) is 11.5 Å². The summed E-state index contributed by atoms with van der Waals surface area (Å²) in [4.78, 5) is 31.4. The second kappa shape index (κ2) is 10.2. The van der Waals surface area contributed by atoms with Crippen LogP contribution in [0.1, 0.15) is 31.0 Å². The van der Waals surface area contributed by atoms with Crippen molar-refractivity contribution in [2.24, 2.45) is 4.99 Å². The number of hydrogen-bond donors (Lipinski definition) is 0. The van der Waals surface area contributed by atoms with E-state index in [1.54, 1.807) is 56.3 Å². The molecule has 1 aromatic heterocycles. The molecular formula is C25H22F2N2O5S. The Morgan fingerprint density at radius 1 is 1.23 bits per heavy atom. The minimum Gasteiger partial charge on any atom is -0.497 e. The van der Waals surface area contributed by atoms with Crippen molar-refractivity contribution in [2.75, 3.05) is 13.7 Å². The molecule has 4 rings (SSSR count). The van der Waals surface area contributed by atoms with Crippen LogP contribution < -0.4 is 24.4 Å². The van der Waals surface area contributed by atoms with E-state index in [1.807, 2.05) is 0 Å². The monoisotopic (exact) mass is 500 g/mol. The van der Waals surface area contributed by atoms with Crippen molar-refractivity contribution in [1.29, 1.82) is 0 Å². The van der Waals surface area contributed by atoms with Crippen molar-refractivity contribution >= 4 is 23.4 Å². The number of rotatable bonds is 7. The van der Waals surface area contributed by atoms with Gasteiger partial charge in [-0.15, -0.1) is 0 Å². The molecule has 0 spiro atoms. The van der Waals surface area contributed by atoms with Gasteiger partial charge in [0, 0.05) is 5.56 Å². The van der Waals surface area contributed by atoms with Crippen LogP contribution in [0.5, 0.6) is 11.5 Å². The molecule has 0 N–H and O–H groups in total. The Kier molecular flexibility index (Phi) is 7.11. The molecule has 0 saturated heterocycles. The number of methoxy groups -OCH3 is 1. The van der Waals surface area contributed by atoms with Crippen molar-refractivity contribution in [1.82, 2.24) is 4.57 Å². The van der Waals surface area contributed by atoms with Gasteiger partial charge in [-0.25, -0.2) is 9.79 Å². The first-order valence-electron chi connectivity index (χ1n) is 10.7. The van der Waals surface area contributed by atoms with E-state index < -0.39 is 24.2 Å². The largest absolute Gasteiger partial charge is 0.497 e. The Morgan fingerprint density at radius 2 is 2.00 bits per heavy atom. The molecule has 3 aromatic rings. The predicted molar refractivity (Wildman–Crippen MR) is 126 cm³/mol. The third-order valence-electron chi connectivity index (χ3n) is 5.35. The highest BCUT2D eigenvalue weighted by atomic mass is 32.1. The lowest BCUT2D eigenvalue weighted by Gasteiger charge is -2.25. The zero-order chi connectivity index (χ0) is 25.1. The van der Waals surface area contributed by atoms with Crippen molar-refractivity contribution < 1.29 is 27.8 Å². The number of carbonyl (C=O) groups excluding carboxylic acids is 1. The van der Waals surface area contributed by atoms with Crippen LogP contribution in [0.3, 0.4) is 0 Å². The van der Waals surface area contributed by atoms with E-state index in [4.69, 9.17) is 9.47 Å². The summed E-state index contributed by atoms with van der Waals surface area (Å²) in [6.45, 7) is 0.532. The van der Waals surface area contributed by atoms with E-state index in [0.29, 0.717) is 27.4 Å². The maximum absolute atomic E-state index is 13.6. The van der Waals surface area contributed by atoms with E-state index in [9.17, 15) is 18.4 Å².